The van der Waals surface area contributed by atoms with Crippen molar-refractivity contribution >= 4 is 16.7 Å². The molecule has 3 aromatic heterocycles. The van der Waals surface area contributed by atoms with Crippen LogP contribution in [0.25, 0.3) is 33.4 Å². The van der Waals surface area contributed by atoms with Crippen molar-refractivity contribution in [2.24, 2.45) is 0 Å². The molecule has 3 heterocycles. The van der Waals surface area contributed by atoms with Crippen LogP contribution in [0.2, 0.25) is 0 Å². The molecule has 0 amide bonds. The number of hydrogen-bond donors (Lipinski definition) is 1. The lowest BCUT2D eigenvalue weighted by atomic mass is 10.0. The first-order valence-electron chi connectivity index (χ1n) is 11.1. The molecule has 0 aliphatic heterocycles. The third-order valence-electron chi connectivity index (χ3n) is 5.56. The second-order valence-electron chi connectivity index (χ2n) is 7.98. The van der Waals surface area contributed by atoms with Crippen molar-refractivity contribution in [2.45, 2.75) is 12.8 Å². The van der Waals surface area contributed by atoms with Crippen LogP contribution in [0.3, 0.4) is 0 Å². The minimum Gasteiger partial charge on any atom is -0.489 e. The highest BCUT2D eigenvalue weighted by Crippen LogP contribution is 2.31. The van der Waals surface area contributed by atoms with E-state index in [1.54, 1.807) is 12.4 Å². The van der Waals surface area contributed by atoms with E-state index in [0.29, 0.717) is 23.0 Å². The minimum atomic E-state index is -4.46. The molecule has 0 saturated heterocycles. The number of nitrogens with one attached hydrogen (secondary N) is 1. The maximum atomic E-state index is 12.7. The van der Waals surface area contributed by atoms with Gasteiger partial charge in [0.1, 0.15) is 23.9 Å². The summed E-state index contributed by atoms with van der Waals surface area (Å²) in [5.74, 6) is 1.91. The van der Waals surface area contributed by atoms with E-state index in [1.165, 1.54) is 12.3 Å². The first-order chi connectivity index (χ1) is 17.4. The summed E-state index contributed by atoms with van der Waals surface area (Å²) in [6, 6.07) is 19.5. The van der Waals surface area contributed by atoms with Gasteiger partial charge in [-0.2, -0.15) is 13.2 Å². The Morgan fingerprint density at radius 1 is 0.861 bits per heavy atom. The number of aromatic nitrogens is 4. The molecule has 0 spiro atoms. The molecule has 2 aromatic carbocycles. The van der Waals surface area contributed by atoms with Crippen molar-refractivity contribution in [3.63, 3.8) is 0 Å². The summed E-state index contributed by atoms with van der Waals surface area (Å²) in [5, 5.41) is 4.04. The molecule has 36 heavy (non-hydrogen) atoms. The second-order valence-corrected chi connectivity index (χ2v) is 7.98. The smallest absolute Gasteiger partial charge is 0.433 e. The SMILES string of the molecule is CNc1nc(-c2cccnc2)nc2ccc(-c3ccc(OCc4ccc(C(F)(F)F)nc4)cc3)cc12. The van der Waals surface area contributed by atoms with Crippen molar-refractivity contribution in [3.05, 3.63) is 96.6 Å². The predicted octanol–water partition coefficient (Wildman–Crippen LogP) is 6.39. The fraction of sp³-hybridized carbons (Fsp3) is 0.111. The average Bonchev–Trinajstić information content (AvgIpc) is 2.91. The van der Waals surface area contributed by atoms with Gasteiger partial charge in [0.2, 0.25) is 0 Å². The predicted molar refractivity (Wildman–Crippen MR) is 131 cm³/mol. The first-order valence-corrected chi connectivity index (χ1v) is 11.1. The third kappa shape index (κ3) is 4.95. The van der Waals surface area contributed by atoms with Crippen LogP contribution in [0.5, 0.6) is 5.75 Å². The van der Waals surface area contributed by atoms with E-state index >= 15 is 0 Å². The van der Waals surface area contributed by atoms with Crippen molar-refractivity contribution in [1.29, 1.82) is 0 Å². The van der Waals surface area contributed by atoms with E-state index in [9.17, 15) is 13.2 Å². The van der Waals surface area contributed by atoms with Crippen molar-refractivity contribution < 1.29 is 17.9 Å². The van der Waals surface area contributed by atoms with Gasteiger partial charge in [-0.05, 0) is 53.6 Å². The normalized spacial score (nSPS) is 11.4. The lowest BCUT2D eigenvalue weighted by Crippen LogP contribution is -2.08. The lowest BCUT2D eigenvalue weighted by Gasteiger charge is -2.11. The molecular formula is C27H20F3N5O. The molecule has 0 bridgehead atoms. The molecule has 5 aromatic rings. The third-order valence-corrected chi connectivity index (χ3v) is 5.56. The molecular weight excluding hydrogens is 467 g/mol. The Morgan fingerprint density at radius 2 is 1.67 bits per heavy atom. The fourth-order valence-corrected chi connectivity index (χ4v) is 3.71. The maximum absolute atomic E-state index is 12.7. The summed E-state index contributed by atoms with van der Waals surface area (Å²) >= 11 is 0. The van der Waals surface area contributed by atoms with Crippen LogP contribution in [-0.4, -0.2) is 27.0 Å². The second kappa shape index (κ2) is 9.61. The Kier molecular flexibility index (Phi) is 6.20. The Hall–Kier alpha value is -4.53. The van der Waals surface area contributed by atoms with Gasteiger partial charge in [0.25, 0.3) is 0 Å². The summed E-state index contributed by atoms with van der Waals surface area (Å²) in [6.07, 6.45) is 0.151. The summed E-state index contributed by atoms with van der Waals surface area (Å²) in [5.41, 5.74) is 3.22. The lowest BCUT2D eigenvalue weighted by molar-refractivity contribution is -0.141. The van der Waals surface area contributed by atoms with Crippen LogP contribution >= 0.6 is 0 Å². The van der Waals surface area contributed by atoms with E-state index < -0.39 is 11.9 Å². The number of halogens is 3. The van der Waals surface area contributed by atoms with Crippen molar-refractivity contribution in [3.8, 4) is 28.3 Å². The van der Waals surface area contributed by atoms with Gasteiger partial charge in [-0.25, -0.2) is 9.97 Å². The van der Waals surface area contributed by atoms with Gasteiger partial charge >= 0.3 is 6.18 Å². The molecule has 5 rings (SSSR count). The standard InChI is InChI=1S/C27H20F3N5O/c1-31-26-22-13-19(7-10-23(22)34-25(35-26)20-3-2-12-32-15-20)18-5-8-21(9-6-18)36-16-17-4-11-24(33-14-17)27(28,29)30/h2-15H,16H2,1H3,(H,31,34,35). The monoisotopic (exact) mass is 487 g/mol. The number of rotatable bonds is 6. The van der Waals surface area contributed by atoms with Gasteiger partial charge < -0.3 is 10.1 Å². The zero-order chi connectivity index (χ0) is 25.1. The fourth-order valence-electron chi connectivity index (χ4n) is 3.71. The molecule has 0 fully saturated rings. The van der Waals surface area contributed by atoms with Gasteiger partial charge in [-0.15, -0.1) is 0 Å². The zero-order valence-corrected chi connectivity index (χ0v) is 19.1. The molecule has 6 nitrogen and oxygen atoms in total. The highest BCUT2D eigenvalue weighted by Gasteiger charge is 2.32. The molecule has 0 aliphatic carbocycles. The minimum absolute atomic E-state index is 0.114. The highest BCUT2D eigenvalue weighted by atomic mass is 19.4. The topological polar surface area (TPSA) is 72.8 Å². The highest BCUT2D eigenvalue weighted by molar-refractivity contribution is 5.93. The van der Waals surface area contributed by atoms with Gasteiger partial charge in [-0.3, -0.25) is 9.97 Å². The van der Waals surface area contributed by atoms with E-state index in [0.717, 1.165) is 33.7 Å². The maximum Gasteiger partial charge on any atom is 0.433 e. The number of nitrogens with zero attached hydrogens (tertiary/aromatic N) is 4. The largest absolute Gasteiger partial charge is 0.489 e. The number of alkyl halides is 3. The van der Waals surface area contributed by atoms with Gasteiger partial charge in [-0.1, -0.05) is 24.3 Å². The quantitative estimate of drug-likeness (QED) is 0.299. The van der Waals surface area contributed by atoms with Gasteiger partial charge in [0.15, 0.2) is 5.82 Å². The summed E-state index contributed by atoms with van der Waals surface area (Å²) in [4.78, 5) is 17.0. The molecule has 0 aliphatic rings. The van der Waals surface area contributed by atoms with E-state index in [-0.39, 0.29) is 6.61 Å². The molecule has 0 unspecified atom stereocenters. The first kappa shape index (κ1) is 23.2. The van der Waals surface area contributed by atoms with Crippen LogP contribution in [-0.2, 0) is 12.8 Å². The molecule has 1 N–H and O–H groups in total. The number of ether oxygens (including phenoxy) is 1. The van der Waals surface area contributed by atoms with Crippen molar-refractivity contribution in [2.75, 3.05) is 12.4 Å². The number of fused-ring (bicyclic) bond motifs is 1. The zero-order valence-electron chi connectivity index (χ0n) is 19.1. The Morgan fingerprint density at radius 3 is 2.33 bits per heavy atom. The van der Waals surface area contributed by atoms with Crippen LogP contribution in [0, 0.1) is 0 Å². The average molecular weight is 487 g/mol. The van der Waals surface area contributed by atoms with Crippen LogP contribution in [0.4, 0.5) is 19.0 Å². The summed E-state index contributed by atoms with van der Waals surface area (Å²) in [6.45, 7) is 0.114. The van der Waals surface area contributed by atoms with Gasteiger partial charge in [0, 0.05) is 42.2 Å². The van der Waals surface area contributed by atoms with E-state index in [1.807, 2.05) is 61.6 Å². The molecule has 0 saturated carbocycles. The summed E-state index contributed by atoms with van der Waals surface area (Å²) in [7, 11) is 1.82. The molecule has 0 atom stereocenters. The van der Waals surface area contributed by atoms with E-state index in [4.69, 9.17) is 9.72 Å². The summed E-state index contributed by atoms with van der Waals surface area (Å²) < 4.78 is 43.7. The Bertz CT molecular complexity index is 1490. The van der Waals surface area contributed by atoms with Gasteiger partial charge in [0.05, 0.1) is 5.52 Å². The number of benzene rings is 2. The van der Waals surface area contributed by atoms with Crippen LogP contribution in [0.1, 0.15) is 11.3 Å². The van der Waals surface area contributed by atoms with E-state index in [2.05, 4.69) is 20.3 Å². The molecule has 180 valence electrons. The molecule has 0 radical (unpaired) electrons. The van der Waals surface area contributed by atoms with Crippen molar-refractivity contribution in [1.82, 2.24) is 19.9 Å². The number of anilines is 1. The Labute approximate surface area is 204 Å². The number of pyridine rings is 2. The van der Waals surface area contributed by atoms with Crippen LogP contribution < -0.4 is 10.1 Å². The Balaban J connectivity index is 1.34. The molecule has 9 heteroatoms. The number of hydrogen-bond acceptors (Lipinski definition) is 6. The van der Waals surface area contributed by atoms with Crippen LogP contribution in [0.15, 0.2) is 85.3 Å².